The lowest BCUT2D eigenvalue weighted by molar-refractivity contribution is -0.384. The topological polar surface area (TPSA) is 117 Å². The molecule has 0 radical (unpaired) electrons. The molecule has 2 heterocycles. The molecular formula is C27H28BrN5O4. The minimum atomic E-state index is -0.466. The van der Waals surface area contributed by atoms with Crippen molar-refractivity contribution in [2.24, 2.45) is 0 Å². The fraction of sp³-hybridized carbons (Fsp3) is 0.370. The van der Waals surface area contributed by atoms with Crippen LogP contribution in [-0.2, 0) is 0 Å². The summed E-state index contributed by atoms with van der Waals surface area (Å²) in [6.45, 7) is 1.28. The SMILES string of the molecule is O=C(N[C@H]1CCCC[C@H]1Nc1c(C(=O)N2CCCC2)cc(Br)cc1[N+](=O)[O-])c1cncc2ccccc12. The van der Waals surface area contributed by atoms with E-state index in [1.165, 1.54) is 6.07 Å². The van der Waals surface area contributed by atoms with Crippen LogP contribution in [0, 0.1) is 10.1 Å². The van der Waals surface area contributed by atoms with E-state index in [0.717, 1.165) is 42.9 Å². The van der Waals surface area contributed by atoms with E-state index >= 15 is 0 Å². The van der Waals surface area contributed by atoms with Crippen LogP contribution in [0.4, 0.5) is 11.4 Å². The molecule has 2 aliphatic rings. The van der Waals surface area contributed by atoms with Crippen LogP contribution in [-0.4, -0.2) is 51.8 Å². The monoisotopic (exact) mass is 565 g/mol. The number of fused-ring (bicyclic) bond motifs is 1. The second-order valence-electron chi connectivity index (χ2n) is 9.63. The molecule has 1 aliphatic heterocycles. The summed E-state index contributed by atoms with van der Waals surface area (Å²) in [5.41, 5.74) is 0.813. The van der Waals surface area contributed by atoms with Crippen molar-refractivity contribution in [3.8, 4) is 0 Å². The summed E-state index contributed by atoms with van der Waals surface area (Å²) >= 11 is 3.34. The van der Waals surface area contributed by atoms with Crippen LogP contribution >= 0.6 is 15.9 Å². The Balaban J connectivity index is 1.45. The predicted molar refractivity (Wildman–Crippen MR) is 145 cm³/mol. The van der Waals surface area contributed by atoms with E-state index in [-0.39, 0.29) is 40.8 Å². The van der Waals surface area contributed by atoms with Crippen LogP contribution in [0.3, 0.4) is 0 Å². The summed E-state index contributed by atoms with van der Waals surface area (Å²) in [5, 5.41) is 20.2. The maximum absolute atomic E-state index is 13.4. The van der Waals surface area contributed by atoms with Crippen molar-refractivity contribution in [1.29, 1.82) is 0 Å². The second kappa shape index (κ2) is 10.8. The summed E-state index contributed by atoms with van der Waals surface area (Å²) in [4.78, 5) is 44.2. The number of hydrogen-bond donors (Lipinski definition) is 2. The van der Waals surface area contributed by atoms with Crippen LogP contribution in [0.25, 0.3) is 10.8 Å². The number of nitrogens with zero attached hydrogens (tertiary/aromatic N) is 3. The van der Waals surface area contributed by atoms with Crippen molar-refractivity contribution in [3.63, 3.8) is 0 Å². The summed E-state index contributed by atoms with van der Waals surface area (Å²) in [6, 6.07) is 10.1. The van der Waals surface area contributed by atoms with Gasteiger partial charge in [0.15, 0.2) is 0 Å². The highest BCUT2D eigenvalue weighted by Gasteiger charge is 2.33. The molecular weight excluding hydrogens is 538 g/mol. The van der Waals surface area contributed by atoms with E-state index in [1.54, 1.807) is 23.4 Å². The Hall–Kier alpha value is -3.53. The average molecular weight is 566 g/mol. The molecule has 2 fully saturated rings. The molecule has 9 nitrogen and oxygen atoms in total. The van der Waals surface area contributed by atoms with Crippen molar-refractivity contribution >= 4 is 49.9 Å². The number of carbonyl (C=O) groups is 2. The van der Waals surface area contributed by atoms with Gasteiger partial charge in [-0.1, -0.05) is 53.0 Å². The van der Waals surface area contributed by atoms with Gasteiger partial charge in [0.2, 0.25) is 0 Å². The minimum absolute atomic E-state index is 0.161. The Morgan fingerprint density at radius 1 is 1.00 bits per heavy atom. The van der Waals surface area contributed by atoms with Gasteiger partial charge in [-0.15, -0.1) is 0 Å². The highest BCUT2D eigenvalue weighted by Crippen LogP contribution is 2.36. The highest BCUT2D eigenvalue weighted by molar-refractivity contribution is 9.10. The summed E-state index contributed by atoms with van der Waals surface area (Å²) in [7, 11) is 0. The number of amides is 2. The number of pyridine rings is 1. The van der Waals surface area contributed by atoms with Crippen molar-refractivity contribution in [2.45, 2.75) is 50.6 Å². The number of nitro benzene ring substituents is 1. The molecule has 1 saturated carbocycles. The van der Waals surface area contributed by atoms with E-state index in [0.29, 0.717) is 29.5 Å². The van der Waals surface area contributed by atoms with Gasteiger partial charge in [-0.2, -0.15) is 0 Å². The molecule has 0 spiro atoms. The van der Waals surface area contributed by atoms with Gasteiger partial charge in [-0.25, -0.2) is 0 Å². The Labute approximate surface area is 222 Å². The quantitative estimate of drug-likeness (QED) is 0.309. The number of likely N-dealkylation sites (tertiary alicyclic amines) is 1. The Bertz CT molecular complexity index is 1350. The molecule has 2 N–H and O–H groups in total. The standard InChI is InChI=1S/C27H28BrN5O4/c28-18-13-20(27(35)32-11-5-6-12-32)25(24(14-18)33(36)37)30-22-9-3-4-10-23(22)31-26(34)21-16-29-15-17-7-1-2-8-19(17)21/h1-2,7-8,13-16,22-23,30H,3-6,9-12H2,(H,31,34)/t22-,23+/m1/s1. The second-order valence-corrected chi connectivity index (χ2v) is 10.5. The lowest BCUT2D eigenvalue weighted by Gasteiger charge is -2.34. The molecule has 0 unspecified atom stereocenters. The van der Waals surface area contributed by atoms with Crippen molar-refractivity contribution in [3.05, 3.63) is 74.5 Å². The van der Waals surface area contributed by atoms with Gasteiger partial charge in [-0.3, -0.25) is 24.7 Å². The number of nitrogens with one attached hydrogen (secondary N) is 2. The molecule has 0 bridgehead atoms. The minimum Gasteiger partial charge on any atom is -0.374 e. The van der Waals surface area contributed by atoms with Gasteiger partial charge in [0, 0.05) is 53.5 Å². The van der Waals surface area contributed by atoms with E-state index in [4.69, 9.17) is 0 Å². The molecule has 1 aliphatic carbocycles. The van der Waals surface area contributed by atoms with Gasteiger partial charge in [0.1, 0.15) is 5.69 Å². The zero-order chi connectivity index (χ0) is 25.9. The van der Waals surface area contributed by atoms with Crippen LogP contribution in [0.1, 0.15) is 59.2 Å². The Kier molecular flexibility index (Phi) is 7.36. The average Bonchev–Trinajstić information content (AvgIpc) is 3.44. The fourth-order valence-corrected chi connectivity index (χ4v) is 5.80. The first-order chi connectivity index (χ1) is 17.9. The molecule has 3 aromatic rings. The number of rotatable bonds is 6. The lowest BCUT2D eigenvalue weighted by atomic mass is 9.89. The first-order valence-electron chi connectivity index (χ1n) is 12.6. The first kappa shape index (κ1) is 25.1. The van der Waals surface area contributed by atoms with Crippen molar-refractivity contribution in [1.82, 2.24) is 15.2 Å². The molecule has 1 saturated heterocycles. The molecule has 2 atom stereocenters. The van der Waals surface area contributed by atoms with Gasteiger partial charge in [-0.05, 0) is 37.1 Å². The van der Waals surface area contributed by atoms with Gasteiger partial charge in [0.25, 0.3) is 17.5 Å². The zero-order valence-electron chi connectivity index (χ0n) is 20.3. The summed E-state index contributed by atoms with van der Waals surface area (Å²) < 4.78 is 0.476. The fourth-order valence-electron chi connectivity index (χ4n) is 5.35. The number of nitro groups is 1. The number of anilines is 1. The number of halogens is 1. The molecule has 1 aromatic heterocycles. The summed E-state index contributed by atoms with van der Waals surface area (Å²) in [6.07, 6.45) is 8.41. The third kappa shape index (κ3) is 5.29. The molecule has 192 valence electrons. The molecule has 10 heteroatoms. The van der Waals surface area contributed by atoms with Gasteiger partial charge in [0.05, 0.1) is 16.1 Å². The maximum Gasteiger partial charge on any atom is 0.294 e. The zero-order valence-corrected chi connectivity index (χ0v) is 21.9. The smallest absolute Gasteiger partial charge is 0.294 e. The maximum atomic E-state index is 13.4. The largest absolute Gasteiger partial charge is 0.374 e. The van der Waals surface area contributed by atoms with Crippen LogP contribution in [0.15, 0.2) is 53.3 Å². The third-order valence-electron chi connectivity index (χ3n) is 7.23. The van der Waals surface area contributed by atoms with Crippen LogP contribution in [0.5, 0.6) is 0 Å². The van der Waals surface area contributed by atoms with Gasteiger partial charge >= 0.3 is 0 Å². The Morgan fingerprint density at radius 3 is 2.49 bits per heavy atom. The van der Waals surface area contributed by atoms with E-state index in [2.05, 4.69) is 31.5 Å². The highest BCUT2D eigenvalue weighted by atomic mass is 79.9. The van der Waals surface area contributed by atoms with Gasteiger partial charge < -0.3 is 15.5 Å². The van der Waals surface area contributed by atoms with E-state index < -0.39 is 4.92 Å². The van der Waals surface area contributed by atoms with Crippen LogP contribution in [0.2, 0.25) is 0 Å². The number of hydrogen-bond acceptors (Lipinski definition) is 6. The molecule has 2 amide bonds. The Morgan fingerprint density at radius 2 is 1.73 bits per heavy atom. The lowest BCUT2D eigenvalue weighted by Crippen LogP contribution is -2.49. The molecule has 2 aromatic carbocycles. The third-order valence-corrected chi connectivity index (χ3v) is 7.69. The van der Waals surface area contributed by atoms with E-state index in [9.17, 15) is 19.7 Å². The number of carbonyl (C=O) groups excluding carboxylic acids is 2. The first-order valence-corrected chi connectivity index (χ1v) is 13.4. The predicted octanol–water partition coefficient (Wildman–Crippen LogP) is 5.29. The number of aromatic nitrogens is 1. The van der Waals surface area contributed by atoms with Crippen molar-refractivity contribution < 1.29 is 14.5 Å². The van der Waals surface area contributed by atoms with Crippen molar-refractivity contribution in [2.75, 3.05) is 18.4 Å². The normalized spacial score (nSPS) is 19.5. The van der Waals surface area contributed by atoms with Crippen LogP contribution < -0.4 is 10.6 Å². The molecule has 5 rings (SSSR count). The number of benzene rings is 2. The molecule has 37 heavy (non-hydrogen) atoms. The summed E-state index contributed by atoms with van der Waals surface area (Å²) in [5.74, 6) is -0.454. The van der Waals surface area contributed by atoms with E-state index in [1.807, 2.05) is 24.3 Å².